The first-order chi connectivity index (χ1) is 31.0. The van der Waals surface area contributed by atoms with Gasteiger partial charge in [0.2, 0.25) is 0 Å². The zero-order chi connectivity index (χ0) is 42.1. The molecule has 11 aromatic rings. The van der Waals surface area contributed by atoms with Gasteiger partial charge in [-0.15, -0.1) is 0 Å². The molecule has 0 spiro atoms. The minimum Gasteiger partial charge on any atom is -0.292 e. The first kappa shape index (κ1) is 36.6. The normalized spacial score (nSPS) is 12.7. The Morgan fingerprint density at radius 3 is 1.27 bits per heavy atom. The predicted molar refractivity (Wildman–Crippen MR) is 254 cm³/mol. The molecule has 0 amide bonds. The van der Waals surface area contributed by atoms with Crippen molar-refractivity contribution >= 4 is 22.1 Å². The number of benzene rings is 8. The van der Waals surface area contributed by atoms with Crippen molar-refractivity contribution in [3.63, 3.8) is 0 Å². The molecular weight excluding hydrogens is 771 g/mol. The van der Waals surface area contributed by atoms with E-state index >= 15 is 0 Å². The fourth-order valence-electron chi connectivity index (χ4n) is 9.26. The molecule has 3 heterocycles. The van der Waals surface area contributed by atoms with Gasteiger partial charge in [0, 0.05) is 44.6 Å². The average molecular weight is 810 g/mol. The largest absolute Gasteiger partial charge is 0.292 e. The second-order valence-corrected chi connectivity index (χ2v) is 16.6. The molecule has 0 fully saturated rings. The van der Waals surface area contributed by atoms with Crippen LogP contribution in [-0.4, -0.2) is 34.1 Å². The molecule has 0 atom stereocenters. The molecule has 0 bridgehead atoms. The Kier molecular flexibility index (Phi) is 8.37. The Hall–Kier alpha value is -8.29. The molecule has 63 heavy (non-hydrogen) atoms. The van der Waals surface area contributed by atoms with E-state index in [4.69, 9.17) is 24.9 Å². The summed E-state index contributed by atoms with van der Waals surface area (Å²) in [4.78, 5) is 25.7. The summed E-state index contributed by atoms with van der Waals surface area (Å²) in [5.41, 5.74) is 15.7. The molecule has 1 aliphatic rings. The lowest BCUT2D eigenvalue weighted by atomic mass is 9.82. The number of aromatic nitrogens is 7. The van der Waals surface area contributed by atoms with Gasteiger partial charge < -0.3 is 0 Å². The van der Waals surface area contributed by atoms with Crippen molar-refractivity contribution in [1.29, 1.82) is 0 Å². The highest BCUT2D eigenvalue weighted by molar-refractivity contribution is 5.86. The number of hydrogen-bond donors (Lipinski definition) is 0. The maximum Gasteiger partial charge on any atom is 0.164 e. The predicted octanol–water partition coefficient (Wildman–Crippen LogP) is 13.2. The Labute approximate surface area is 364 Å². The second-order valence-electron chi connectivity index (χ2n) is 16.6. The van der Waals surface area contributed by atoms with Crippen LogP contribution in [0.15, 0.2) is 200 Å². The molecule has 0 saturated heterocycles. The fourth-order valence-corrected chi connectivity index (χ4v) is 9.26. The maximum atomic E-state index is 5.21. The third kappa shape index (κ3) is 6.08. The van der Waals surface area contributed by atoms with Gasteiger partial charge in [-0.05, 0) is 101 Å². The van der Waals surface area contributed by atoms with Gasteiger partial charge in [-0.1, -0.05) is 135 Å². The van der Waals surface area contributed by atoms with Crippen LogP contribution in [0.1, 0.15) is 25.0 Å². The number of rotatable bonds is 7. The van der Waals surface area contributed by atoms with Gasteiger partial charge in [0.1, 0.15) is 11.6 Å². The fraction of sp³-hybridized carbons (Fsp3) is 0.0536. The topological polar surface area (TPSA) is 74.3 Å². The van der Waals surface area contributed by atoms with E-state index in [9.17, 15) is 0 Å². The van der Waals surface area contributed by atoms with Gasteiger partial charge in [-0.3, -0.25) is 9.13 Å². The first-order valence-corrected chi connectivity index (χ1v) is 21.3. The molecule has 3 aromatic heterocycles. The second kappa shape index (κ2) is 14.4. The minimum absolute atomic E-state index is 0.168. The molecule has 7 nitrogen and oxygen atoms in total. The molecule has 0 aliphatic heterocycles. The summed E-state index contributed by atoms with van der Waals surface area (Å²) in [6.45, 7) is 4.60. The van der Waals surface area contributed by atoms with Crippen molar-refractivity contribution in [3.05, 3.63) is 211 Å². The minimum atomic E-state index is -0.168. The number of fused-ring (bicyclic) bond motifs is 5. The summed E-state index contributed by atoms with van der Waals surface area (Å²) >= 11 is 0. The summed E-state index contributed by atoms with van der Waals surface area (Å²) < 4.78 is 4.44. The summed E-state index contributed by atoms with van der Waals surface area (Å²) in [6, 6.07) is 69.5. The van der Waals surface area contributed by atoms with Crippen LogP contribution in [-0.2, 0) is 5.41 Å². The SMILES string of the molecule is CC1(C)c2ccccc2-c2ccc(-c3nc(-c4ccc(-n5c(-c6ccccc6)nc6ccccc65)cc4)nc(-c4ccc(-n5c(-c6ccccc6)nc6ccccc65)cc4)n3)cc21. The van der Waals surface area contributed by atoms with Crippen LogP contribution in [0.25, 0.3) is 102 Å². The van der Waals surface area contributed by atoms with Gasteiger partial charge in [0.05, 0.1) is 22.1 Å². The lowest BCUT2D eigenvalue weighted by Crippen LogP contribution is -2.15. The van der Waals surface area contributed by atoms with E-state index in [0.29, 0.717) is 17.5 Å². The van der Waals surface area contributed by atoms with E-state index < -0.39 is 0 Å². The summed E-state index contributed by atoms with van der Waals surface area (Å²) in [5.74, 6) is 3.59. The number of nitrogens with zero attached hydrogens (tertiary/aromatic N) is 7. The molecular formula is C56H39N7. The van der Waals surface area contributed by atoms with E-state index in [1.54, 1.807) is 0 Å². The number of para-hydroxylation sites is 4. The Balaban J connectivity index is 0.984. The third-order valence-electron chi connectivity index (χ3n) is 12.4. The van der Waals surface area contributed by atoms with E-state index in [-0.39, 0.29) is 5.41 Å². The van der Waals surface area contributed by atoms with E-state index in [0.717, 1.165) is 72.9 Å². The molecule has 1 aliphatic carbocycles. The van der Waals surface area contributed by atoms with Crippen LogP contribution in [0.3, 0.4) is 0 Å². The van der Waals surface area contributed by atoms with Crippen molar-refractivity contribution < 1.29 is 0 Å². The Morgan fingerprint density at radius 1 is 0.333 bits per heavy atom. The molecule has 0 unspecified atom stereocenters. The van der Waals surface area contributed by atoms with Gasteiger partial charge in [-0.2, -0.15) is 0 Å². The zero-order valence-corrected chi connectivity index (χ0v) is 34.7. The summed E-state index contributed by atoms with van der Waals surface area (Å²) in [5, 5.41) is 0. The zero-order valence-electron chi connectivity index (χ0n) is 34.7. The molecule has 0 N–H and O–H groups in total. The van der Waals surface area contributed by atoms with Gasteiger partial charge in [0.25, 0.3) is 0 Å². The third-order valence-corrected chi connectivity index (χ3v) is 12.4. The van der Waals surface area contributed by atoms with Crippen molar-refractivity contribution in [1.82, 2.24) is 34.1 Å². The standard InChI is InChI=1S/C56H39N7/c1-56(2)45-20-10-9-19-43(45)44-34-29-40(35-46(44)56)53-60-51(36-25-30-41(31-26-36)62-49-23-13-11-21-47(49)57-54(62)38-15-5-3-6-16-38)59-52(61-53)37-27-32-42(33-28-37)63-50-24-14-12-22-48(50)58-55(63)39-17-7-4-8-18-39/h3-35H,1-2H3. The quantitative estimate of drug-likeness (QED) is 0.160. The van der Waals surface area contributed by atoms with E-state index in [2.05, 4.69) is 175 Å². The highest BCUT2D eigenvalue weighted by Gasteiger charge is 2.35. The molecule has 12 rings (SSSR count). The molecule has 0 radical (unpaired) electrons. The van der Waals surface area contributed by atoms with Crippen molar-refractivity contribution in [2.75, 3.05) is 0 Å². The molecule has 298 valence electrons. The molecule has 8 aromatic carbocycles. The van der Waals surface area contributed by atoms with Crippen LogP contribution >= 0.6 is 0 Å². The van der Waals surface area contributed by atoms with Crippen LogP contribution in [0.2, 0.25) is 0 Å². The van der Waals surface area contributed by atoms with Crippen LogP contribution in [0.4, 0.5) is 0 Å². The van der Waals surface area contributed by atoms with Crippen LogP contribution < -0.4 is 0 Å². The van der Waals surface area contributed by atoms with Gasteiger partial charge in [-0.25, -0.2) is 24.9 Å². The lowest BCUT2D eigenvalue weighted by Gasteiger charge is -2.21. The maximum absolute atomic E-state index is 5.21. The molecule has 0 saturated carbocycles. The van der Waals surface area contributed by atoms with Crippen molar-refractivity contribution in [2.24, 2.45) is 0 Å². The first-order valence-electron chi connectivity index (χ1n) is 21.3. The number of imidazole rings is 2. The smallest absolute Gasteiger partial charge is 0.164 e. The Bertz CT molecular complexity index is 3330. The highest BCUT2D eigenvalue weighted by atomic mass is 15.1. The van der Waals surface area contributed by atoms with E-state index in [1.807, 2.05) is 48.5 Å². The average Bonchev–Trinajstić information content (AvgIpc) is 4.00. The number of hydrogen-bond acceptors (Lipinski definition) is 5. The molecule has 7 heteroatoms. The lowest BCUT2D eigenvalue weighted by molar-refractivity contribution is 0.660. The van der Waals surface area contributed by atoms with E-state index in [1.165, 1.54) is 22.3 Å². The Morgan fingerprint density at radius 2 is 0.746 bits per heavy atom. The van der Waals surface area contributed by atoms with Crippen molar-refractivity contribution in [3.8, 4) is 79.4 Å². The van der Waals surface area contributed by atoms with Crippen LogP contribution in [0.5, 0.6) is 0 Å². The van der Waals surface area contributed by atoms with Crippen LogP contribution in [0, 0.1) is 0 Å². The monoisotopic (exact) mass is 809 g/mol. The van der Waals surface area contributed by atoms with Crippen molar-refractivity contribution in [2.45, 2.75) is 19.3 Å². The van der Waals surface area contributed by atoms with Gasteiger partial charge in [0.15, 0.2) is 17.5 Å². The van der Waals surface area contributed by atoms with Gasteiger partial charge >= 0.3 is 0 Å². The summed E-state index contributed by atoms with van der Waals surface area (Å²) in [7, 11) is 0. The summed E-state index contributed by atoms with van der Waals surface area (Å²) in [6.07, 6.45) is 0. The highest BCUT2D eigenvalue weighted by Crippen LogP contribution is 2.49.